The Bertz CT molecular complexity index is 701. The molecule has 0 aromatic heterocycles. The molecule has 3 aliphatic rings. The van der Waals surface area contributed by atoms with E-state index in [2.05, 4.69) is 20.8 Å². The van der Waals surface area contributed by atoms with Gasteiger partial charge in [-0.2, -0.15) is 0 Å². The molecule has 1 aliphatic carbocycles. The van der Waals surface area contributed by atoms with Gasteiger partial charge in [0.15, 0.2) is 12.6 Å². The topological polar surface area (TPSA) is 179 Å². The average molecular weight is 507 g/mol. The van der Waals surface area contributed by atoms with E-state index in [4.69, 9.17) is 18.9 Å². The Hall–Kier alpha value is -0.700. The molecule has 11 heteroatoms. The Kier molecular flexibility index (Phi) is 9.72. The molecule has 0 amide bonds. The van der Waals surface area contributed by atoms with Crippen LogP contribution in [0, 0.1) is 17.3 Å². The lowest BCUT2D eigenvalue weighted by atomic mass is 9.63. The summed E-state index contributed by atoms with van der Waals surface area (Å²) in [5.74, 6) is 0.444. The van der Waals surface area contributed by atoms with Crippen LogP contribution in [0.4, 0.5) is 0 Å². The summed E-state index contributed by atoms with van der Waals surface area (Å²) in [5, 5.41) is 70.3. The molecule has 13 atom stereocenters. The second-order valence-electron chi connectivity index (χ2n) is 10.9. The van der Waals surface area contributed by atoms with Gasteiger partial charge in [-0.05, 0) is 37.0 Å². The first-order valence-corrected chi connectivity index (χ1v) is 12.3. The Labute approximate surface area is 205 Å². The van der Waals surface area contributed by atoms with Crippen molar-refractivity contribution in [1.29, 1.82) is 0 Å². The number of hydrogen-bond acceptors (Lipinski definition) is 11. The third-order valence-corrected chi connectivity index (χ3v) is 7.37. The van der Waals surface area contributed by atoms with Crippen molar-refractivity contribution in [3.05, 3.63) is 12.2 Å². The number of aliphatic hydroxyl groups excluding tert-OH is 7. The third-order valence-electron chi connectivity index (χ3n) is 7.37. The monoisotopic (exact) mass is 506 g/mol. The van der Waals surface area contributed by atoms with Gasteiger partial charge in [-0.15, -0.1) is 0 Å². The molecule has 2 aliphatic heterocycles. The van der Waals surface area contributed by atoms with Crippen molar-refractivity contribution < 1.29 is 54.7 Å². The van der Waals surface area contributed by atoms with Gasteiger partial charge in [-0.3, -0.25) is 0 Å². The van der Waals surface area contributed by atoms with E-state index in [1.165, 1.54) is 0 Å². The lowest BCUT2D eigenvalue weighted by Gasteiger charge is -2.47. The van der Waals surface area contributed by atoms with Gasteiger partial charge in [0.05, 0.1) is 25.4 Å². The van der Waals surface area contributed by atoms with Crippen LogP contribution < -0.4 is 0 Å². The minimum atomic E-state index is -1.55. The molecule has 2 heterocycles. The van der Waals surface area contributed by atoms with Gasteiger partial charge in [-0.25, -0.2) is 0 Å². The van der Waals surface area contributed by atoms with E-state index in [1.54, 1.807) is 13.0 Å². The molecular weight excluding hydrogens is 464 g/mol. The second kappa shape index (κ2) is 11.8. The van der Waals surface area contributed by atoms with Crippen LogP contribution in [0.15, 0.2) is 12.2 Å². The molecule has 204 valence electrons. The van der Waals surface area contributed by atoms with Crippen LogP contribution in [0.25, 0.3) is 0 Å². The summed E-state index contributed by atoms with van der Waals surface area (Å²) < 4.78 is 22.5. The zero-order valence-corrected chi connectivity index (χ0v) is 20.8. The second-order valence-corrected chi connectivity index (χ2v) is 10.9. The van der Waals surface area contributed by atoms with Crippen LogP contribution in [0.1, 0.15) is 40.5 Å². The lowest BCUT2D eigenvalue weighted by Crippen LogP contribution is -2.61. The first kappa shape index (κ1) is 28.9. The van der Waals surface area contributed by atoms with Crippen LogP contribution in [0.2, 0.25) is 0 Å². The Morgan fingerprint density at radius 3 is 2.26 bits per heavy atom. The minimum absolute atomic E-state index is 0.159. The molecule has 35 heavy (non-hydrogen) atoms. The van der Waals surface area contributed by atoms with Gasteiger partial charge in [0.2, 0.25) is 0 Å². The molecule has 1 saturated carbocycles. The summed E-state index contributed by atoms with van der Waals surface area (Å²) in [6.07, 6.45) is -7.98. The molecule has 2 saturated heterocycles. The van der Waals surface area contributed by atoms with Crippen LogP contribution in [0.5, 0.6) is 0 Å². The van der Waals surface area contributed by atoms with Gasteiger partial charge >= 0.3 is 0 Å². The zero-order valence-electron chi connectivity index (χ0n) is 20.8. The van der Waals surface area contributed by atoms with Gasteiger partial charge in [0, 0.05) is 0 Å². The standard InChI is InChI=1S/C24H42O11/c1-11-7-13(8-24(3,4)14(11)6-5-12(2)25)34-23-21(31)19(29)18(28)16(35-23)10-33-22-20(30)17(27)15(26)9-32-22/h5-6,11-23,25-31H,7-10H2,1-4H3. The highest BCUT2D eigenvalue weighted by molar-refractivity contribution is 5.03. The fraction of sp³-hybridized carbons (Fsp3) is 0.917. The molecule has 0 radical (unpaired) electrons. The summed E-state index contributed by atoms with van der Waals surface area (Å²) in [5.41, 5.74) is -0.159. The van der Waals surface area contributed by atoms with Crippen molar-refractivity contribution >= 4 is 0 Å². The predicted octanol–water partition coefficient (Wildman–Crippen LogP) is -1.36. The largest absolute Gasteiger partial charge is 0.389 e. The van der Waals surface area contributed by atoms with Crippen molar-refractivity contribution in [3.8, 4) is 0 Å². The number of hydrogen-bond donors (Lipinski definition) is 7. The maximum absolute atomic E-state index is 10.5. The van der Waals surface area contributed by atoms with Gasteiger partial charge < -0.3 is 54.7 Å². The molecule has 0 spiro atoms. The summed E-state index contributed by atoms with van der Waals surface area (Å²) in [6, 6.07) is 0. The van der Waals surface area contributed by atoms with Crippen LogP contribution in [-0.2, 0) is 18.9 Å². The number of allylic oxidation sites excluding steroid dienone is 1. The molecule has 11 nitrogen and oxygen atoms in total. The first-order chi connectivity index (χ1) is 16.3. The third kappa shape index (κ3) is 6.79. The van der Waals surface area contributed by atoms with Crippen LogP contribution in [-0.4, -0.2) is 116 Å². The molecule has 0 bridgehead atoms. The normalized spacial score (nSPS) is 47.6. The van der Waals surface area contributed by atoms with E-state index in [0.717, 1.165) is 0 Å². The minimum Gasteiger partial charge on any atom is -0.389 e. The summed E-state index contributed by atoms with van der Waals surface area (Å²) in [6.45, 7) is 7.47. The van der Waals surface area contributed by atoms with Gasteiger partial charge in [0.1, 0.15) is 42.7 Å². The number of ether oxygens (including phenoxy) is 4. The van der Waals surface area contributed by atoms with E-state index < -0.39 is 61.4 Å². The van der Waals surface area contributed by atoms with Crippen molar-refractivity contribution in [2.75, 3.05) is 13.2 Å². The van der Waals surface area contributed by atoms with Crippen LogP contribution >= 0.6 is 0 Å². The predicted molar refractivity (Wildman–Crippen MR) is 122 cm³/mol. The van der Waals surface area contributed by atoms with Crippen LogP contribution in [0.3, 0.4) is 0 Å². The highest BCUT2D eigenvalue weighted by atomic mass is 16.7. The highest BCUT2D eigenvalue weighted by Gasteiger charge is 2.48. The molecule has 3 rings (SSSR count). The Morgan fingerprint density at radius 1 is 0.971 bits per heavy atom. The van der Waals surface area contributed by atoms with E-state index in [0.29, 0.717) is 12.8 Å². The van der Waals surface area contributed by atoms with Gasteiger partial charge in [-0.1, -0.05) is 32.9 Å². The van der Waals surface area contributed by atoms with E-state index in [9.17, 15) is 35.7 Å². The molecule has 3 fully saturated rings. The van der Waals surface area contributed by atoms with Crippen molar-refractivity contribution in [1.82, 2.24) is 0 Å². The average Bonchev–Trinajstić information content (AvgIpc) is 2.77. The van der Waals surface area contributed by atoms with E-state index >= 15 is 0 Å². The highest BCUT2D eigenvalue weighted by Crippen LogP contribution is 2.46. The molecule has 7 N–H and O–H groups in total. The summed E-state index contributed by atoms with van der Waals surface area (Å²) >= 11 is 0. The molecule has 0 aromatic rings. The quantitative estimate of drug-likeness (QED) is 0.203. The summed E-state index contributed by atoms with van der Waals surface area (Å²) in [4.78, 5) is 0. The Morgan fingerprint density at radius 2 is 1.63 bits per heavy atom. The molecule has 0 aromatic carbocycles. The fourth-order valence-electron chi connectivity index (χ4n) is 5.44. The van der Waals surface area contributed by atoms with Crippen molar-refractivity contribution in [2.24, 2.45) is 17.3 Å². The van der Waals surface area contributed by atoms with Crippen molar-refractivity contribution in [2.45, 2.75) is 108 Å². The smallest absolute Gasteiger partial charge is 0.186 e. The summed E-state index contributed by atoms with van der Waals surface area (Å²) in [7, 11) is 0. The Balaban J connectivity index is 1.61. The number of aliphatic hydroxyl groups is 7. The van der Waals surface area contributed by atoms with Crippen molar-refractivity contribution in [3.63, 3.8) is 0 Å². The molecule has 13 unspecified atom stereocenters. The molecular formula is C24H42O11. The van der Waals surface area contributed by atoms with Gasteiger partial charge in [0.25, 0.3) is 0 Å². The first-order valence-electron chi connectivity index (χ1n) is 12.3. The maximum atomic E-state index is 10.5. The fourth-order valence-corrected chi connectivity index (χ4v) is 5.44. The SMILES string of the molecule is CC(O)C=CC1C(C)CC(OC2OC(COC3OCC(O)C(O)C3O)C(O)C(O)C2O)CC1(C)C. The zero-order chi connectivity index (χ0) is 26.1. The lowest BCUT2D eigenvalue weighted by molar-refractivity contribution is -0.330. The van der Waals surface area contributed by atoms with E-state index in [1.807, 2.05) is 6.08 Å². The number of rotatable bonds is 7. The maximum Gasteiger partial charge on any atom is 0.186 e. The van der Waals surface area contributed by atoms with E-state index in [-0.39, 0.29) is 36.6 Å².